The third-order valence-corrected chi connectivity index (χ3v) is 5.63. The van der Waals surface area contributed by atoms with Crippen LogP contribution in [0.3, 0.4) is 0 Å². The highest BCUT2D eigenvalue weighted by Gasteiger charge is 2.23. The van der Waals surface area contributed by atoms with E-state index in [-0.39, 0.29) is 18.4 Å². The van der Waals surface area contributed by atoms with Crippen LogP contribution >= 0.6 is 0 Å². The molecule has 0 bridgehead atoms. The van der Waals surface area contributed by atoms with Crippen LogP contribution in [0.15, 0.2) is 55.1 Å². The largest absolute Gasteiger partial charge is 0.352 e. The van der Waals surface area contributed by atoms with Gasteiger partial charge >= 0.3 is 6.03 Å². The Morgan fingerprint density at radius 3 is 2.55 bits per heavy atom. The minimum absolute atomic E-state index is 0.202. The molecule has 0 atom stereocenters. The predicted octanol–water partition coefficient (Wildman–Crippen LogP) is 3.33. The zero-order chi connectivity index (χ0) is 22.8. The molecule has 10 heteroatoms. The Balaban J connectivity index is 1.25. The van der Waals surface area contributed by atoms with Gasteiger partial charge in [0.05, 0.1) is 11.6 Å². The molecular formula is C23H21F2N7O. The highest BCUT2D eigenvalue weighted by molar-refractivity contribution is 5.92. The van der Waals surface area contributed by atoms with E-state index >= 15 is 0 Å². The van der Waals surface area contributed by atoms with Gasteiger partial charge in [0.2, 0.25) is 0 Å². The summed E-state index contributed by atoms with van der Waals surface area (Å²) in [5, 5.41) is 3.68. The molecular weight excluding hydrogens is 428 g/mol. The Morgan fingerprint density at radius 1 is 1.00 bits per heavy atom. The second-order valence-corrected chi connectivity index (χ2v) is 7.79. The fourth-order valence-corrected chi connectivity index (χ4v) is 3.93. The maximum atomic E-state index is 13.3. The number of aromatic amines is 1. The number of carbonyl (C=O) groups excluding carboxylic acids is 1. The molecule has 0 radical (unpaired) electrons. The zero-order valence-electron chi connectivity index (χ0n) is 17.6. The highest BCUT2D eigenvalue weighted by Crippen LogP contribution is 2.29. The molecule has 1 aliphatic heterocycles. The number of H-pyrrole nitrogens is 1. The number of urea groups is 1. The van der Waals surface area contributed by atoms with Gasteiger partial charge in [-0.25, -0.2) is 23.5 Å². The standard InChI is InChI=1S/C23H21F2N7O/c24-17-3-1-16(2-4-17)20-10-19-21(30-20)28-14-29-22(19)31-5-7-32(8-6-31)23(33)27-12-15-9-18(25)13-26-11-15/h1-4,9-11,13-14H,5-8,12H2,(H,27,33)(H,28,29,30). The Kier molecular flexibility index (Phi) is 5.55. The number of nitrogens with one attached hydrogen (secondary N) is 2. The fourth-order valence-electron chi connectivity index (χ4n) is 3.93. The summed E-state index contributed by atoms with van der Waals surface area (Å²) < 4.78 is 26.5. The van der Waals surface area contributed by atoms with Crippen LogP contribution in [0.5, 0.6) is 0 Å². The summed E-state index contributed by atoms with van der Waals surface area (Å²) in [6.45, 7) is 2.48. The summed E-state index contributed by atoms with van der Waals surface area (Å²) >= 11 is 0. The number of amides is 2. The van der Waals surface area contributed by atoms with Gasteiger partial charge in [-0.3, -0.25) is 4.98 Å². The average molecular weight is 449 g/mol. The van der Waals surface area contributed by atoms with Crippen LogP contribution in [-0.4, -0.2) is 57.0 Å². The van der Waals surface area contributed by atoms with Crippen molar-refractivity contribution in [3.63, 3.8) is 0 Å². The SMILES string of the molecule is O=C(NCc1cncc(F)c1)N1CCN(c2ncnc3[nH]c(-c4ccc(F)cc4)cc23)CC1. The van der Waals surface area contributed by atoms with Gasteiger partial charge in [-0.1, -0.05) is 0 Å². The summed E-state index contributed by atoms with van der Waals surface area (Å²) in [6, 6.07) is 9.37. The first-order valence-electron chi connectivity index (χ1n) is 10.5. The smallest absolute Gasteiger partial charge is 0.317 e. The number of benzene rings is 1. The van der Waals surface area contributed by atoms with Gasteiger partial charge in [-0.15, -0.1) is 0 Å². The number of anilines is 1. The molecule has 5 rings (SSSR count). The third-order valence-electron chi connectivity index (χ3n) is 5.63. The van der Waals surface area contributed by atoms with E-state index in [9.17, 15) is 13.6 Å². The van der Waals surface area contributed by atoms with E-state index < -0.39 is 5.82 Å². The van der Waals surface area contributed by atoms with E-state index in [0.29, 0.717) is 37.4 Å². The number of carbonyl (C=O) groups is 1. The molecule has 4 heterocycles. The second-order valence-electron chi connectivity index (χ2n) is 7.79. The van der Waals surface area contributed by atoms with Crippen molar-refractivity contribution in [1.29, 1.82) is 0 Å². The van der Waals surface area contributed by atoms with Gasteiger partial charge in [-0.2, -0.15) is 0 Å². The van der Waals surface area contributed by atoms with E-state index in [0.717, 1.165) is 28.7 Å². The molecule has 0 aliphatic carbocycles. The van der Waals surface area contributed by atoms with Crippen LogP contribution in [0.2, 0.25) is 0 Å². The summed E-state index contributed by atoms with van der Waals surface area (Å²) in [5.41, 5.74) is 2.99. The minimum atomic E-state index is -0.432. The Bertz CT molecular complexity index is 1280. The second kappa shape index (κ2) is 8.81. The molecule has 4 aromatic rings. The van der Waals surface area contributed by atoms with Crippen LogP contribution < -0.4 is 10.2 Å². The number of nitrogens with zero attached hydrogens (tertiary/aromatic N) is 5. The van der Waals surface area contributed by atoms with Gasteiger partial charge in [0.15, 0.2) is 0 Å². The van der Waals surface area contributed by atoms with E-state index in [1.54, 1.807) is 17.0 Å². The summed E-state index contributed by atoms with van der Waals surface area (Å²) in [5.74, 6) is 0.0687. The average Bonchev–Trinajstić information content (AvgIpc) is 3.28. The van der Waals surface area contributed by atoms with Gasteiger partial charge in [0.25, 0.3) is 0 Å². The summed E-state index contributed by atoms with van der Waals surface area (Å²) in [4.78, 5) is 32.2. The summed E-state index contributed by atoms with van der Waals surface area (Å²) in [7, 11) is 0. The first kappa shape index (κ1) is 20.8. The van der Waals surface area contributed by atoms with E-state index in [2.05, 4.69) is 30.2 Å². The van der Waals surface area contributed by atoms with Crippen LogP contribution in [0, 0.1) is 11.6 Å². The maximum Gasteiger partial charge on any atom is 0.317 e. The molecule has 2 amide bonds. The molecule has 1 saturated heterocycles. The molecule has 3 aromatic heterocycles. The number of halogens is 2. The third kappa shape index (κ3) is 4.45. The molecule has 1 fully saturated rings. The lowest BCUT2D eigenvalue weighted by atomic mass is 10.1. The zero-order valence-corrected chi connectivity index (χ0v) is 17.6. The van der Waals surface area contributed by atoms with Gasteiger partial charge in [-0.05, 0) is 47.5 Å². The number of hydrogen-bond donors (Lipinski definition) is 2. The lowest BCUT2D eigenvalue weighted by Gasteiger charge is -2.35. The fraction of sp³-hybridized carbons (Fsp3) is 0.217. The van der Waals surface area contributed by atoms with Crippen molar-refractivity contribution >= 4 is 22.9 Å². The lowest BCUT2D eigenvalue weighted by molar-refractivity contribution is 0.194. The lowest BCUT2D eigenvalue weighted by Crippen LogP contribution is -2.52. The van der Waals surface area contributed by atoms with Gasteiger partial charge in [0.1, 0.15) is 29.4 Å². The Morgan fingerprint density at radius 2 is 1.79 bits per heavy atom. The number of hydrogen-bond acceptors (Lipinski definition) is 5. The van der Waals surface area contributed by atoms with Crippen molar-refractivity contribution in [2.45, 2.75) is 6.54 Å². The van der Waals surface area contributed by atoms with Crippen LogP contribution in [0.25, 0.3) is 22.3 Å². The molecule has 168 valence electrons. The first-order valence-corrected chi connectivity index (χ1v) is 10.5. The number of rotatable bonds is 4. The maximum absolute atomic E-state index is 13.3. The highest BCUT2D eigenvalue weighted by atomic mass is 19.1. The van der Waals surface area contributed by atoms with Crippen molar-refractivity contribution in [3.8, 4) is 11.3 Å². The van der Waals surface area contributed by atoms with Crippen molar-refractivity contribution < 1.29 is 13.6 Å². The van der Waals surface area contributed by atoms with Crippen LogP contribution in [-0.2, 0) is 6.54 Å². The molecule has 0 unspecified atom stereocenters. The normalized spacial score (nSPS) is 14.0. The molecule has 2 N–H and O–H groups in total. The van der Waals surface area contributed by atoms with Crippen molar-refractivity contribution in [3.05, 3.63) is 72.3 Å². The van der Waals surface area contributed by atoms with E-state index in [4.69, 9.17) is 0 Å². The van der Waals surface area contributed by atoms with Crippen LogP contribution in [0.4, 0.5) is 19.4 Å². The van der Waals surface area contributed by atoms with Crippen molar-refractivity contribution in [2.24, 2.45) is 0 Å². The summed E-state index contributed by atoms with van der Waals surface area (Å²) in [6.07, 6.45) is 4.16. The topological polar surface area (TPSA) is 90.0 Å². The predicted molar refractivity (Wildman–Crippen MR) is 119 cm³/mol. The first-order chi connectivity index (χ1) is 16.1. The number of aromatic nitrogens is 4. The quantitative estimate of drug-likeness (QED) is 0.499. The van der Waals surface area contributed by atoms with E-state index in [1.165, 1.54) is 30.7 Å². The Hall–Kier alpha value is -4.08. The molecule has 8 nitrogen and oxygen atoms in total. The molecule has 1 aliphatic rings. The molecule has 1 aromatic carbocycles. The van der Waals surface area contributed by atoms with Gasteiger partial charge < -0.3 is 20.1 Å². The van der Waals surface area contributed by atoms with Gasteiger partial charge in [0, 0.05) is 44.6 Å². The number of pyridine rings is 1. The van der Waals surface area contributed by atoms with E-state index in [1.807, 2.05) is 6.07 Å². The van der Waals surface area contributed by atoms with Crippen LogP contribution in [0.1, 0.15) is 5.56 Å². The number of fused-ring (bicyclic) bond motifs is 1. The number of piperazine rings is 1. The molecule has 0 spiro atoms. The minimum Gasteiger partial charge on any atom is -0.352 e. The monoisotopic (exact) mass is 449 g/mol. The molecule has 33 heavy (non-hydrogen) atoms. The van der Waals surface area contributed by atoms with Crippen molar-refractivity contribution in [1.82, 2.24) is 30.2 Å². The Labute approximate surface area is 188 Å². The molecule has 0 saturated carbocycles. The van der Waals surface area contributed by atoms with Crippen molar-refractivity contribution in [2.75, 3.05) is 31.1 Å².